The van der Waals surface area contributed by atoms with E-state index in [0.717, 1.165) is 0 Å². The maximum absolute atomic E-state index is 12.8. The molecule has 1 aliphatic heterocycles. The van der Waals surface area contributed by atoms with Crippen LogP contribution in [0.5, 0.6) is 11.5 Å². The molecule has 1 N–H and O–H groups in total. The fourth-order valence-electron chi connectivity index (χ4n) is 2.58. The largest absolute Gasteiger partial charge is 0.503 e. The summed E-state index contributed by atoms with van der Waals surface area (Å²) in [7, 11) is 0. The minimum Gasteiger partial charge on any atom is -0.503 e. The Kier molecular flexibility index (Phi) is 5.20. The summed E-state index contributed by atoms with van der Waals surface area (Å²) in [6.45, 7) is 3.92. The summed E-state index contributed by atoms with van der Waals surface area (Å²) in [6, 6.07) is 10.2. The third-order valence-corrected chi connectivity index (χ3v) is 4.41. The van der Waals surface area contributed by atoms with Crippen molar-refractivity contribution in [1.82, 2.24) is 0 Å². The van der Waals surface area contributed by atoms with Crippen molar-refractivity contribution in [3.8, 4) is 11.5 Å². The predicted octanol–water partition coefficient (Wildman–Crippen LogP) is 4.90. The molecule has 26 heavy (non-hydrogen) atoms. The highest BCUT2D eigenvalue weighted by atomic mass is 35.5. The second-order valence-electron chi connectivity index (χ2n) is 5.59. The maximum Gasteiger partial charge on any atom is 0.280 e. The van der Waals surface area contributed by atoms with Crippen LogP contribution >= 0.6 is 23.2 Å². The highest BCUT2D eigenvalue weighted by Gasteiger charge is 2.30. The smallest absolute Gasteiger partial charge is 0.280 e. The van der Waals surface area contributed by atoms with Crippen molar-refractivity contribution in [2.75, 3.05) is 11.6 Å². The number of rotatable bonds is 4. The fraction of sp³-hybridized carbons (Fsp3) is 0.158. The molecule has 0 aliphatic carbocycles. The number of amides is 1. The molecule has 1 aliphatic rings. The number of halogens is 2. The summed E-state index contributed by atoms with van der Waals surface area (Å²) in [5.74, 6) is -0.163. The molecular formula is C19H16Cl2N2O3. The number of carbonyl (C=O) groups excluding carboxylic acids is 1. The van der Waals surface area contributed by atoms with E-state index in [2.05, 4.69) is 5.10 Å². The van der Waals surface area contributed by atoms with Crippen molar-refractivity contribution in [2.45, 2.75) is 13.8 Å². The molecule has 0 unspecified atom stereocenters. The summed E-state index contributed by atoms with van der Waals surface area (Å²) < 4.78 is 5.38. The monoisotopic (exact) mass is 390 g/mol. The van der Waals surface area contributed by atoms with Gasteiger partial charge in [0.25, 0.3) is 5.91 Å². The molecule has 1 heterocycles. The first-order valence-corrected chi connectivity index (χ1v) is 8.69. The Morgan fingerprint density at radius 1 is 1.23 bits per heavy atom. The third-order valence-electron chi connectivity index (χ3n) is 3.80. The third kappa shape index (κ3) is 3.41. The Morgan fingerprint density at radius 2 is 1.96 bits per heavy atom. The number of nitrogens with zero attached hydrogens (tertiary/aromatic N) is 2. The van der Waals surface area contributed by atoms with E-state index in [0.29, 0.717) is 34.2 Å². The van der Waals surface area contributed by atoms with E-state index in [-0.39, 0.29) is 22.4 Å². The van der Waals surface area contributed by atoms with Gasteiger partial charge in [-0.2, -0.15) is 10.1 Å². The number of phenols is 1. The lowest BCUT2D eigenvalue weighted by Crippen LogP contribution is -2.21. The molecule has 0 radical (unpaired) electrons. The van der Waals surface area contributed by atoms with E-state index in [1.807, 2.05) is 0 Å². The summed E-state index contributed by atoms with van der Waals surface area (Å²) in [5, 5.41) is 16.1. The Hall–Kier alpha value is -2.50. The number of aromatic hydroxyl groups is 1. The summed E-state index contributed by atoms with van der Waals surface area (Å²) in [6.07, 6.45) is 1.66. The van der Waals surface area contributed by atoms with Gasteiger partial charge in [0.05, 0.1) is 33.6 Å². The Labute approximate surface area is 161 Å². The van der Waals surface area contributed by atoms with Gasteiger partial charge in [-0.15, -0.1) is 0 Å². The zero-order valence-corrected chi connectivity index (χ0v) is 15.7. The van der Waals surface area contributed by atoms with Gasteiger partial charge >= 0.3 is 0 Å². The van der Waals surface area contributed by atoms with Gasteiger partial charge in [-0.25, -0.2) is 0 Å². The number of carbonyl (C=O) groups is 1. The molecule has 0 fully saturated rings. The maximum atomic E-state index is 12.8. The molecule has 0 spiro atoms. The predicted molar refractivity (Wildman–Crippen MR) is 104 cm³/mol. The number of phenolic OH excluding ortho intramolecular Hbond substituents is 1. The van der Waals surface area contributed by atoms with E-state index >= 15 is 0 Å². The highest BCUT2D eigenvalue weighted by molar-refractivity contribution is 6.37. The molecule has 0 atom stereocenters. The van der Waals surface area contributed by atoms with Crippen LogP contribution in [-0.4, -0.2) is 23.3 Å². The van der Waals surface area contributed by atoms with Crippen molar-refractivity contribution in [3.63, 3.8) is 0 Å². The first-order valence-electron chi connectivity index (χ1n) is 7.94. The molecule has 2 aromatic carbocycles. The topological polar surface area (TPSA) is 62.1 Å². The van der Waals surface area contributed by atoms with Crippen LogP contribution in [0.25, 0.3) is 6.08 Å². The zero-order chi connectivity index (χ0) is 18.8. The molecule has 3 rings (SSSR count). The second-order valence-corrected chi connectivity index (χ2v) is 6.41. The van der Waals surface area contributed by atoms with E-state index in [1.54, 1.807) is 56.3 Å². The molecule has 0 bridgehead atoms. The van der Waals surface area contributed by atoms with Crippen LogP contribution in [0.1, 0.15) is 19.4 Å². The molecule has 0 aromatic heterocycles. The molecule has 2 aromatic rings. The number of anilines is 1. The Balaban J connectivity index is 1.99. The SMILES string of the molecule is CCOc1cc(/C=C2/C(=O)N(c3ccccc3Cl)N=C2C)cc(Cl)c1O. The van der Waals surface area contributed by atoms with E-state index < -0.39 is 0 Å². The Bertz CT molecular complexity index is 938. The van der Waals surface area contributed by atoms with Gasteiger partial charge in [-0.05, 0) is 49.8 Å². The molecule has 1 amide bonds. The van der Waals surface area contributed by atoms with Crippen molar-refractivity contribution in [3.05, 3.63) is 57.6 Å². The van der Waals surface area contributed by atoms with Gasteiger partial charge in [0.1, 0.15) is 0 Å². The lowest BCUT2D eigenvalue weighted by Gasteiger charge is -2.13. The molecule has 0 saturated heterocycles. The van der Waals surface area contributed by atoms with Gasteiger partial charge in [0, 0.05) is 0 Å². The summed E-state index contributed by atoms with van der Waals surface area (Å²) >= 11 is 12.2. The number of hydrogen-bond acceptors (Lipinski definition) is 4. The lowest BCUT2D eigenvalue weighted by molar-refractivity contribution is -0.114. The number of hydrogen-bond donors (Lipinski definition) is 1. The number of benzene rings is 2. The van der Waals surface area contributed by atoms with Crippen molar-refractivity contribution in [1.29, 1.82) is 0 Å². The van der Waals surface area contributed by atoms with Crippen LogP contribution in [0.2, 0.25) is 10.0 Å². The minimum atomic E-state index is -0.294. The normalized spacial score (nSPS) is 15.5. The van der Waals surface area contributed by atoms with E-state index in [4.69, 9.17) is 27.9 Å². The van der Waals surface area contributed by atoms with Gasteiger partial charge in [-0.1, -0.05) is 35.3 Å². The van der Waals surface area contributed by atoms with Gasteiger partial charge in [0.15, 0.2) is 11.5 Å². The molecule has 0 saturated carbocycles. The van der Waals surface area contributed by atoms with Crippen LogP contribution in [-0.2, 0) is 4.79 Å². The minimum absolute atomic E-state index is 0.128. The zero-order valence-electron chi connectivity index (χ0n) is 14.2. The average Bonchev–Trinajstić information content (AvgIpc) is 2.88. The van der Waals surface area contributed by atoms with Crippen LogP contribution in [0.4, 0.5) is 5.69 Å². The van der Waals surface area contributed by atoms with Crippen LogP contribution < -0.4 is 9.75 Å². The van der Waals surface area contributed by atoms with Crippen LogP contribution in [0, 0.1) is 0 Å². The second kappa shape index (κ2) is 7.40. The van der Waals surface area contributed by atoms with Crippen molar-refractivity contribution < 1.29 is 14.6 Å². The standard InChI is InChI=1S/C19H16Cl2N2O3/c1-3-26-17-10-12(9-15(21)18(17)24)8-13-11(2)22-23(19(13)25)16-7-5-4-6-14(16)20/h4-10,24H,3H2,1-2H3/b13-8+. The number of hydrazone groups is 1. The fourth-order valence-corrected chi connectivity index (χ4v) is 3.02. The summed E-state index contributed by atoms with van der Waals surface area (Å²) in [4.78, 5) is 12.8. The quantitative estimate of drug-likeness (QED) is 0.754. The Morgan fingerprint density at radius 3 is 2.65 bits per heavy atom. The number of para-hydroxylation sites is 1. The average molecular weight is 391 g/mol. The molecule has 7 heteroatoms. The number of ether oxygens (including phenoxy) is 1. The van der Waals surface area contributed by atoms with Crippen molar-refractivity contribution >= 4 is 46.6 Å². The van der Waals surface area contributed by atoms with Crippen molar-refractivity contribution in [2.24, 2.45) is 5.10 Å². The summed E-state index contributed by atoms with van der Waals surface area (Å²) in [5.41, 5.74) is 2.10. The lowest BCUT2D eigenvalue weighted by atomic mass is 10.1. The molecular weight excluding hydrogens is 375 g/mol. The van der Waals surface area contributed by atoms with E-state index in [9.17, 15) is 9.90 Å². The van der Waals surface area contributed by atoms with Gasteiger partial charge < -0.3 is 9.84 Å². The van der Waals surface area contributed by atoms with Gasteiger partial charge in [-0.3, -0.25) is 4.79 Å². The molecule has 5 nitrogen and oxygen atoms in total. The van der Waals surface area contributed by atoms with Gasteiger partial charge in [0.2, 0.25) is 0 Å². The first kappa shape index (κ1) is 18.3. The highest BCUT2D eigenvalue weighted by Crippen LogP contribution is 2.37. The van der Waals surface area contributed by atoms with E-state index in [1.165, 1.54) is 5.01 Å². The van der Waals surface area contributed by atoms with Crippen LogP contribution in [0.3, 0.4) is 0 Å². The molecule has 134 valence electrons. The first-order chi connectivity index (χ1) is 12.4. The van der Waals surface area contributed by atoms with Crippen LogP contribution in [0.15, 0.2) is 47.1 Å².